The SMILES string of the molecule is O=C(C[C@@H]1C=C[C@@H](NC(=O)Nc2ccc(C(F)(F)F)cc2)[C@@H](CO)O1)NCCN1CCCC1. The van der Waals surface area contributed by atoms with Gasteiger partial charge < -0.3 is 30.7 Å². The van der Waals surface area contributed by atoms with E-state index in [1.165, 1.54) is 12.8 Å². The highest BCUT2D eigenvalue weighted by atomic mass is 19.4. The maximum absolute atomic E-state index is 12.6. The van der Waals surface area contributed by atoms with Crippen LogP contribution in [-0.2, 0) is 15.7 Å². The fourth-order valence-corrected chi connectivity index (χ4v) is 3.81. The Labute approximate surface area is 190 Å². The highest BCUT2D eigenvalue weighted by molar-refractivity contribution is 5.89. The van der Waals surface area contributed by atoms with Crippen molar-refractivity contribution in [1.29, 1.82) is 0 Å². The molecule has 0 aliphatic carbocycles. The normalized spacial score (nSPS) is 23.3. The molecule has 3 atom stereocenters. The van der Waals surface area contributed by atoms with Gasteiger partial charge in [-0.2, -0.15) is 13.2 Å². The number of likely N-dealkylation sites (tertiary alicyclic amines) is 1. The lowest BCUT2D eigenvalue weighted by Gasteiger charge is -2.31. The Morgan fingerprint density at radius 2 is 1.82 bits per heavy atom. The minimum absolute atomic E-state index is 0.0947. The molecule has 1 aromatic carbocycles. The molecule has 182 valence electrons. The first kappa shape index (κ1) is 25.0. The predicted molar refractivity (Wildman–Crippen MR) is 116 cm³/mol. The molecule has 0 aromatic heterocycles. The summed E-state index contributed by atoms with van der Waals surface area (Å²) in [4.78, 5) is 26.7. The van der Waals surface area contributed by atoms with Gasteiger partial charge in [0, 0.05) is 18.8 Å². The van der Waals surface area contributed by atoms with Gasteiger partial charge in [0.15, 0.2) is 0 Å². The van der Waals surface area contributed by atoms with Crippen molar-refractivity contribution in [2.45, 2.75) is 43.7 Å². The number of urea groups is 1. The fourth-order valence-electron chi connectivity index (χ4n) is 3.81. The molecule has 0 unspecified atom stereocenters. The van der Waals surface area contributed by atoms with Crippen molar-refractivity contribution in [2.24, 2.45) is 0 Å². The fraction of sp³-hybridized carbons (Fsp3) is 0.545. The van der Waals surface area contributed by atoms with E-state index in [0.717, 1.165) is 43.9 Å². The van der Waals surface area contributed by atoms with Crippen LogP contribution in [0.5, 0.6) is 0 Å². The number of benzene rings is 1. The zero-order chi connectivity index (χ0) is 23.8. The molecule has 2 aliphatic rings. The van der Waals surface area contributed by atoms with Crippen LogP contribution in [0, 0.1) is 0 Å². The van der Waals surface area contributed by atoms with E-state index >= 15 is 0 Å². The van der Waals surface area contributed by atoms with Gasteiger partial charge in [0.2, 0.25) is 5.91 Å². The van der Waals surface area contributed by atoms with Gasteiger partial charge in [-0.05, 0) is 50.2 Å². The monoisotopic (exact) mass is 470 g/mol. The van der Waals surface area contributed by atoms with E-state index in [1.54, 1.807) is 12.2 Å². The molecule has 33 heavy (non-hydrogen) atoms. The summed E-state index contributed by atoms with van der Waals surface area (Å²) in [6.07, 6.45) is -0.00343. The number of carbonyl (C=O) groups is 2. The third kappa shape index (κ3) is 7.72. The second-order valence-corrected chi connectivity index (χ2v) is 8.08. The third-order valence-electron chi connectivity index (χ3n) is 5.57. The number of anilines is 1. The quantitative estimate of drug-likeness (QED) is 0.436. The Bertz CT molecular complexity index is 826. The van der Waals surface area contributed by atoms with Crippen LogP contribution in [-0.4, -0.2) is 73.0 Å². The van der Waals surface area contributed by atoms with E-state index in [4.69, 9.17) is 4.74 Å². The lowest BCUT2D eigenvalue weighted by molar-refractivity contribution is -0.137. The number of hydrogen-bond donors (Lipinski definition) is 4. The molecule has 1 saturated heterocycles. The second-order valence-electron chi connectivity index (χ2n) is 8.08. The lowest BCUT2D eigenvalue weighted by atomic mass is 10.0. The first-order chi connectivity index (χ1) is 15.7. The number of hydrogen-bond acceptors (Lipinski definition) is 5. The number of carbonyl (C=O) groups excluding carboxylic acids is 2. The number of alkyl halides is 3. The van der Waals surface area contributed by atoms with Crippen LogP contribution >= 0.6 is 0 Å². The Morgan fingerprint density at radius 1 is 1.12 bits per heavy atom. The summed E-state index contributed by atoms with van der Waals surface area (Å²) in [6, 6.07) is 2.71. The molecule has 0 saturated carbocycles. The number of aliphatic hydroxyl groups excluding tert-OH is 1. The zero-order valence-corrected chi connectivity index (χ0v) is 18.1. The van der Waals surface area contributed by atoms with E-state index in [-0.39, 0.29) is 24.6 Å². The predicted octanol–water partition coefficient (Wildman–Crippen LogP) is 2.11. The van der Waals surface area contributed by atoms with Gasteiger partial charge in [0.25, 0.3) is 0 Å². The maximum Gasteiger partial charge on any atom is 0.416 e. The van der Waals surface area contributed by atoms with Crippen LogP contribution in [0.2, 0.25) is 0 Å². The van der Waals surface area contributed by atoms with Crippen molar-refractivity contribution in [3.8, 4) is 0 Å². The number of amides is 3. The molecule has 11 heteroatoms. The van der Waals surface area contributed by atoms with Crippen LogP contribution in [0.1, 0.15) is 24.8 Å². The topological polar surface area (TPSA) is 103 Å². The summed E-state index contributed by atoms with van der Waals surface area (Å²) in [6.45, 7) is 3.11. The van der Waals surface area contributed by atoms with Gasteiger partial charge in [0.1, 0.15) is 6.10 Å². The van der Waals surface area contributed by atoms with Crippen LogP contribution in [0.15, 0.2) is 36.4 Å². The molecular formula is C22H29F3N4O4. The number of halogens is 3. The van der Waals surface area contributed by atoms with Crippen LogP contribution in [0.4, 0.5) is 23.7 Å². The van der Waals surface area contributed by atoms with Crippen LogP contribution < -0.4 is 16.0 Å². The molecule has 1 fully saturated rings. The zero-order valence-electron chi connectivity index (χ0n) is 18.1. The molecule has 8 nitrogen and oxygen atoms in total. The van der Waals surface area contributed by atoms with E-state index < -0.39 is 36.0 Å². The Hall–Kier alpha value is -2.63. The smallest absolute Gasteiger partial charge is 0.394 e. The van der Waals surface area contributed by atoms with Gasteiger partial charge in [0.05, 0.1) is 30.7 Å². The van der Waals surface area contributed by atoms with Gasteiger partial charge in [-0.25, -0.2) is 4.79 Å². The number of nitrogens with one attached hydrogen (secondary N) is 3. The Morgan fingerprint density at radius 3 is 2.45 bits per heavy atom. The van der Waals surface area contributed by atoms with Crippen molar-refractivity contribution in [3.05, 3.63) is 42.0 Å². The van der Waals surface area contributed by atoms with E-state index in [0.29, 0.717) is 6.54 Å². The summed E-state index contributed by atoms with van der Waals surface area (Å²) >= 11 is 0. The molecule has 0 spiro atoms. The van der Waals surface area contributed by atoms with Crippen molar-refractivity contribution in [1.82, 2.24) is 15.5 Å². The summed E-state index contributed by atoms with van der Waals surface area (Å²) < 4.78 is 43.6. The van der Waals surface area contributed by atoms with Crippen molar-refractivity contribution < 1.29 is 32.6 Å². The number of ether oxygens (including phenoxy) is 1. The largest absolute Gasteiger partial charge is 0.416 e. The van der Waals surface area contributed by atoms with Crippen molar-refractivity contribution in [3.63, 3.8) is 0 Å². The van der Waals surface area contributed by atoms with E-state index in [9.17, 15) is 27.9 Å². The highest BCUT2D eigenvalue weighted by Gasteiger charge is 2.31. The third-order valence-corrected chi connectivity index (χ3v) is 5.57. The van der Waals surface area contributed by atoms with E-state index in [2.05, 4.69) is 20.9 Å². The van der Waals surface area contributed by atoms with Crippen molar-refractivity contribution in [2.75, 3.05) is 38.1 Å². The minimum atomic E-state index is -4.46. The number of rotatable bonds is 8. The van der Waals surface area contributed by atoms with Gasteiger partial charge >= 0.3 is 12.2 Å². The molecule has 0 radical (unpaired) electrons. The van der Waals surface area contributed by atoms with Gasteiger partial charge in [-0.15, -0.1) is 0 Å². The summed E-state index contributed by atoms with van der Waals surface area (Å²) in [5.74, 6) is -0.160. The number of aliphatic hydroxyl groups is 1. The lowest BCUT2D eigenvalue weighted by Crippen LogP contribution is -2.50. The highest BCUT2D eigenvalue weighted by Crippen LogP contribution is 2.29. The molecular weight excluding hydrogens is 441 g/mol. The molecule has 4 N–H and O–H groups in total. The maximum atomic E-state index is 12.6. The first-order valence-electron chi connectivity index (χ1n) is 10.9. The minimum Gasteiger partial charge on any atom is -0.394 e. The summed E-state index contributed by atoms with van der Waals surface area (Å²) in [5, 5.41) is 17.6. The van der Waals surface area contributed by atoms with Crippen LogP contribution in [0.3, 0.4) is 0 Å². The van der Waals surface area contributed by atoms with Crippen molar-refractivity contribution >= 4 is 17.6 Å². The summed E-state index contributed by atoms with van der Waals surface area (Å²) in [5.41, 5.74) is -0.631. The number of nitrogens with zero attached hydrogens (tertiary/aromatic N) is 1. The first-order valence-corrected chi connectivity index (χ1v) is 10.9. The second kappa shape index (κ2) is 11.5. The van der Waals surface area contributed by atoms with Gasteiger partial charge in [-0.1, -0.05) is 12.2 Å². The standard InChI is InChI=1S/C22H29F3N4O4/c23-22(24,25)15-3-5-16(6-4-15)27-21(32)28-18-8-7-17(33-19(18)14-30)13-20(31)26-9-12-29-10-1-2-11-29/h3-8,17-19,30H,1-2,9-14H2,(H,26,31)(H2,27,28,32)/t17-,18+,19+/m0/s1. The molecule has 2 aliphatic heterocycles. The average Bonchev–Trinajstić information content (AvgIpc) is 3.28. The Balaban J connectivity index is 1.44. The molecule has 0 bridgehead atoms. The molecule has 3 amide bonds. The summed E-state index contributed by atoms with van der Waals surface area (Å²) in [7, 11) is 0. The van der Waals surface area contributed by atoms with Crippen LogP contribution in [0.25, 0.3) is 0 Å². The Kier molecular flexibility index (Phi) is 8.70. The van der Waals surface area contributed by atoms with Gasteiger partial charge in [-0.3, -0.25) is 4.79 Å². The molecule has 1 aromatic rings. The van der Waals surface area contributed by atoms with E-state index in [1.807, 2.05) is 0 Å². The average molecular weight is 470 g/mol. The molecule has 2 heterocycles. The molecule has 3 rings (SSSR count).